The average Bonchev–Trinajstić information content (AvgIpc) is 2.93. The van der Waals surface area contributed by atoms with E-state index in [1.54, 1.807) is 11.3 Å². The Hall–Kier alpha value is -0.720. The van der Waals surface area contributed by atoms with Gasteiger partial charge in [0.15, 0.2) is 0 Å². The Kier molecular flexibility index (Phi) is 4.76. The number of aryl methyl sites for hydroxylation is 1. The highest BCUT2D eigenvalue weighted by Gasteiger charge is 2.24. The maximum Gasteiger partial charge on any atom is 0.0942 e. The van der Waals surface area contributed by atoms with E-state index in [-0.39, 0.29) is 6.04 Å². The molecule has 0 fully saturated rings. The number of hydrogen-bond donors (Lipinski definition) is 1. The quantitative estimate of drug-likeness (QED) is 0.900. The van der Waals surface area contributed by atoms with Gasteiger partial charge in [0.05, 0.1) is 33.1 Å². The van der Waals surface area contributed by atoms with Crippen molar-refractivity contribution < 1.29 is 0 Å². The van der Waals surface area contributed by atoms with Crippen molar-refractivity contribution in [3.63, 3.8) is 0 Å². The molecular formula is C13H19BrN4S. The van der Waals surface area contributed by atoms with Gasteiger partial charge in [-0.1, -0.05) is 6.92 Å². The molecule has 1 atom stereocenters. The van der Waals surface area contributed by atoms with Gasteiger partial charge >= 0.3 is 0 Å². The first kappa shape index (κ1) is 14.7. The molecule has 19 heavy (non-hydrogen) atoms. The van der Waals surface area contributed by atoms with Crippen molar-refractivity contribution in [2.45, 2.75) is 39.8 Å². The van der Waals surface area contributed by atoms with Crippen LogP contribution in [0.1, 0.15) is 49.3 Å². The predicted molar refractivity (Wildman–Crippen MR) is 82.7 cm³/mol. The molecule has 2 heterocycles. The largest absolute Gasteiger partial charge is 0.304 e. The summed E-state index contributed by atoms with van der Waals surface area (Å²) in [5.74, 6) is 0. The molecule has 0 aliphatic carbocycles. The van der Waals surface area contributed by atoms with E-state index in [0.717, 1.165) is 27.4 Å². The van der Waals surface area contributed by atoms with Gasteiger partial charge in [0, 0.05) is 11.4 Å². The lowest BCUT2D eigenvalue weighted by atomic mass is 10.1. The Morgan fingerprint density at radius 2 is 2.21 bits per heavy atom. The molecule has 0 radical (unpaired) electrons. The molecule has 0 bridgehead atoms. The van der Waals surface area contributed by atoms with E-state index in [1.807, 2.05) is 17.8 Å². The zero-order valence-electron chi connectivity index (χ0n) is 11.6. The number of aromatic nitrogens is 3. The smallest absolute Gasteiger partial charge is 0.0942 e. The van der Waals surface area contributed by atoms with Crippen LogP contribution in [0, 0.1) is 6.92 Å². The lowest BCUT2D eigenvalue weighted by Crippen LogP contribution is -2.26. The predicted octanol–water partition coefficient (Wildman–Crippen LogP) is 3.69. The first-order chi connectivity index (χ1) is 9.04. The van der Waals surface area contributed by atoms with Crippen molar-refractivity contribution in [3.8, 4) is 0 Å². The fourth-order valence-corrected chi connectivity index (χ4v) is 3.23. The maximum atomic E-state index is 4.62. The molecule has 0 aliphatic heterocycles. The summed E-state index contributed by atoms with van der Waals surface area (Å²) in [4.78, 5) is 4.62. The van der Waals surface area contributed by atoms with Gasteiger partial charge in [-0.3, -0.25) is 4.68 Å². The Morgan fingerprint density at radius 1 is 1.47 bits per heavy atom. The average molecular weight is 343 g/mol. The molecule has 0 saturated carbocycles. The van der Waals surface area contributed by atoms with Crippen LogP contribution in [0.4, 0.5) is 0 Å². The van der Waals surface area contributed by atoms with Gasteiger partial charge in [0.1, 0.15) is 0 Å². The molecule has 2 aromatic heterocycles. The number of nitrogens with one attached hydrogen (secondary N) is 1. The molecule has 6 heteroatoms. The molecule has 2 rings (SSSR count). The molecule has 0 aromatic carbocycles. The van der Waals surface area contributed by atoms with Gasteiger partial charge in [0.2, 0.25) is 0 Å². The third kappa shape index (κ3) is 3.07. The summed E-state index contributed by atoms with van der Waals surface area (Å²) in [5, 5.41) is 11.2. The van der Waals surface area contributed by atoms with Crippen LogP contribution in [0.2, 0.25) is 0 Å². The molecule has 0 aliphatic rings. The third-order valence-corrected chi connectivity index (χ3v) is 4.29. The van der Waals surface area contributed by atoms with E-state index >= 15 is 0 Å². The van der Waals surface area contributed by atoms with Crippen molar-refractivity contribution in [2.24, 2.45) is 0 Å². The highest BCUT2D eigenvalue weighted by Crippen LogP contribution is 2.30. The van der Waals surface area contributed by atoms with Gasteiger partial charge in [-0.25, -0.2) is 4.98 Å². The standard InChI is InChI=1S/C13H19BrN4S/c1-5-15-12(11-7-19-9(4)17-11)13-10(14)6-16-18(13)8(2)3/h6-8,12,15H,5H2,1-4H3. The minimum Gasteiger partial charge on any atom is -0.304 e. The molecule has 2 aromatic rings. The van der Waals surface area contributed by atoms with Crippen LogP contribution >= 0.6 is 27.3 Å². The van der Waals surface area contributed by atoms with Gasteiger partial charge in [-0.15, -0.1) is 11.3 Å². The second-order valence-electron chi connectivity index (χ2n) is 4.70. The van der Waals surface area contributed by atoms with Gasteiger partial charge in [-0.2, -0.15) is 5.10 Å². The number of hydrogen-bond acceptors (Lipinski definition) is 4. The lowest BCUT2D eigenvalue weighted by molar-refractivity contribution is 0.472. The molecule has 4 nitrogen and oxygen atoms in total. The van der Waals surface area contributed by atoms with Crippen LogP contribution in [-0.2, 0) is 0 Å². The minimum atomic E-state index is 0.0780. The normalized spacial score (nSPS) is 13.2. The van der Waals surface area contributed by atoms with Crippen molar-refractivity contribution in [1.29, 1.82) is 0 Å². The topological polar surface area (TPSA) is 42.7 Å². The summed E-state index contributed by atoms with van der Waals surface area (Å²) in [6.45, 7) is 9.30. The summed E-state index contributed by atoms with van der Waals surface area (Å²) < 4.78 is 3.07. The van der Waals surface area contributed by atoms with E-state index in [2.05, 4.69) is 57.5 Å². The summed E-state index contributed by atoms with van der Waals surface area (Å²) in [6.07, 6.45) is 1.86. The highest BCUT2D eigenvalue weighted by atomic mass is 79.9. The SMILES string of the molecule is CCNC(c1csc(C)n1)c1c(Br)cnn1C(C)C. The van der Waals surface area contributed by atoms with Crippen LogP contribution in [-0.4, -0.2) is 21.3 Å². The molecular weight excluding hydrogens is 324 g/mol. The van der Waals surface area contributed by atoms with E-state index in [0.29, 0.717) is 6.04 Å². The number of halogens is 1. The number of nitrogens with zero attached hydrogens (tertiary/aromatic N) is 3. The first-order valence-corrected chi connectivity index (χ1v) is 8.10. The van der Waals surface area contributed by atoms with Crippen LogP contribution in [0.3, 0.4) is 0 Å². The first-order valence-electron chi connectivity index (χ1n) is 6.42. The van der Waals surface area contributed by atoms with Crippen molar-refractivity contribution in [3.05, 3.63) is 32.4 Å². The number of rotatable bonds is 5. The summed E-state index contributed by atoms with van der Waals surface area (Å²) >= 11 is 5.29. The Balaban J connectivity index is 2.47. The fraction of sp³-hybridized carbons (Fsp3) is 0.538. The molecule has 0 saturated heterocycles. The third-order valence-electron chi connectivity index (χ3n) is 2.89. The second kappa shape index (κ2) is 6.15. The highest BCUT2D eigenvalue weighted by molar-refractivity contribution is 9.10. The summed E-state index contributed by atoms with van der Waals surface area (Å²) in [6, 6.07) is 0.399. The van der Waals surface area contributed by atoms with Crippen LogP contribution in [0.15, 0.2) is 16.0 Å². The summed E-state index contributed by atoms with van der Waals surface area (Å²) in [5.41, 5.74) is 2.20. The minimum absolute atomic E-state index is 0.0780. The van der Waals surface area contributed by atoms with E-state index in [9.17, 15) is 0 Å². The lowest BCUT2D eigenvalue weighted by Gasteiger charge is -2.20. The zero-order valence-corrected chi connectivity index (χ0v) is 14.0. The van der Waals surface area contributed by atoms with Gasteiger partial charge in [-0.05, 0) is 43.2 Å². The van der Waals surface area contributed by atoms with E-state index < -0.39 is 0 Å². The molecule has 0 amide bonds. The van der Waals surface area contributed by atoms with Gasteiger partial charge in [0.25, 0.3) is 0 Å². The van der Waals surface area contributed by atoms with Crippen molar-refractivity contribution >= 4 is 27.3 Å². The van der Waals surface area contributed by atoms with Crippen LogP contribution in [0.25, 0.3) is 0 Å². The van der Waals surface area contributed by atoms with Crippen LogP contribution in [0.5, 0.6) is 0 Å². The Morgan fingerprint density at radius 3 is 2.74 bits per heavy atom. The van der Waals surface area contributed by atoms with Gasteiger partial charge < -0.3 is 5.32 Å². The maximum absolute atomic E-state index is 4.62. The van der Waals surface area contributed by atoms with Crippen molar-refractivity contribution in [1.82, 2.24) is 20.1 Å². The fourth-order valence-electron chi connectivity index (χ4n) is 2.09. The van der Waals surface area contributed by atoms with Crippen molar-refractivity contribution in [2.75, 3.05) is 6.54 Å². The Labute approximate surface area is 126 Å². The molecule has 0 spiro atoms. The second-order valence-corrected chi connectivity index (χ2v) is 6.61. The zero-order chi connectivity index (χ0) is 14.0. The summed E-state index contributed by atoms with van der Waals surface area (Å²) in [7, 11) is 0. The monoisotopic (exact) mass is 342 g/mol. The molecule has 104 valence electrons. The molecule has 1 N–H and O–H groups in total. The Bertz CT molecular complexity index is 547. The van der Waals surface area contributed by atoms with E-state index in [4.69, 9.17) is 0 Å². The molecule has 1 unspecified atom stereocenters. The van der Waals surface area contributed by atoms with E-state index in [1.165, 1.54) is 0 Å². The van der Waals surface area contributed by atoms with Crippen LogP contribution < -0.4 is 5.32 Å². The number of thiazole rings is 1.